The van der Waals surface area contributed by atoms with Crippen LogP contribution in [-0.2, 0) is 30.2 Å². The van der Waals surface area contributed by atoms with Crippen molar-refractivity contribution in [3.05, 3.63) is 70.9 Å². The first-order valence-electron chi connectivity index (χ1n) is 9.93. The van der Waals surface area contributed by atoms with Gasteiger partial charge in [-0.3, -0.25) is 4.79 Å². The van der Waals surface area contributed by atoms with Gasteiger partial charge in [0, 0.05) is 16.8 Å². The number of hydrogen-bond donors (Lipinski definition) is 1. The molecule has 0 bridgehead atoms. The van der Waals surface area contributed by atoms with Crippen molar-refractivity contribution >= 4 is 23.4 Å². The molecule has 0 radical (unpaired) electrons. The number of halogens is 3. The molecule has 0 saturated heterocycles. The Morgan fingerprint density at radius 1 is 1.06 bits per heavy atom. The molecule has 0 fully saturated rings. The van der Waals surface area contributed by atoms with Gasteiger partial charge in [-0.15, -0.1) is 0 Å². The number of fused-ring (bicyclic) bond motifs is 3. The van der Waals surface area contributed by atoms with E-state index in [4.69, 9.17) is 0 Å². The molecule has 1 aromatic heterocycles. The highest BCUT2D eigenvalue weighted by Gasteiger charge is 2.38. The summed E-state index contributed by atoms with van der Waals surface area (Å²) < 4.78 is 41.1. The van der Waals surface area contributed by atoms with Crippen LogP contribution in [0.5, 0.6) is 0 Å². The van der Waals surface area contributed by atoms with E-state index in [0.717, 1.165) is 29.3 Å². The van der Waals surface area contributed by atoms with E-state index in [2.05, 4.69) is 15.3 Å². The summed E-state index contributed by atoms with van der Waals surface area (Å²) in [5.74, 6) is -0.419. The SMILES string of the molecule is CCc1ccc(NC(=O)CSc2nc3c(c(C(F)(F)F)n2)CCc2ccccc2-3)cc1. The van der Waals surface area contributed by atoms with Crippen molar-refractivity contribution in [1.82, 2.24) is 9.97 Å². The molecule has 4 rings (SSSR count). The zero-order valence-electron chi connectivity index (χ0n) is 16.8. The Kier molecular flexibility index (Phi) is 6.00. The van der Waals surface area contributed by atoms with E-state index in [1.807, 2.05) is 31.2 Å². The lowest BCUT2D eigenvalue weighted by atomic mass is 9.88. The van der Waals surface area contributed by atoms with Crippen LogP contribution in [0, 0.1) is 0 Å². The zero-order valence-corrected chi connectivity index (χ0v) is 17.6. The van der Waals surface area contributed by atoms with Gasteiger partial charge in [-0.1, -0.05) is 55.1 Å². The van der Waals surface area contributed by atoms with Crippen LogP contribution in [-0.4, -0.2) is 21.6 Å². The highest BCUT2D eigenvalue weighted by molar-refractivity contribution is 7.99. The molecule has 2 aromatic carbocycles. The van der Waals surface area contributed by atoms with Crippen molar-refractivity contribution in [2.45, 2.75) is 37.5 Å². The Labute approximate surface area is 182 Å². The van der Waals surface area contributed by atoms with Crippen LogP contribution in [0.4, 0.5) is 18.9 Å². The van der Waals surface area contributed by atoms with Crippen LogP contribution in [0.3, 0.4) is 0 Å². The molecule has 0 atom stereocenters. The zero-order chi connectivity index (χ0) is 22.0. The van der Waals surface area contributed by atoms with Crippen molar-refractivity contribution in [1.29, 1.82) is 0 Å². The maximum absolute atomic E-state index is 13.7. The maximum Gasteiger partial charge on any atom is 0.433 e. The summed E-state index contributed by atoms with van der Waals surface area (Å²) in [6, 6.07) is 14.8. The number of alkyl halides is 3. The summed E-state index contributed by atoms with van der Waals surface area (Å²) in [7, 11) is 0. The van der Waals surface area contributed by atoms with E-state index < -0.39 is 11.9 Å². The Morgan fingerprint density at radius 2 is 1.81 bits per heavy atom. The van der Waals surface area contributed by atoms with E-state index in [0.29, 0.717) is 23.4 Å². The third kappa shape index (κ3) is 4.74. The van der Waals surface area contributed by atoms with Crippen LogP contribution in [0.1, 0.15) is 29.3 Å². The number of hydrogen-bond acceptors (Lipinski definition) is 4. The number of nitrogens with zero attached hydrogens (tertiary/aromatic N) is 2. The molecule has 1 heterocycles. The summed E-state index contributed by atoms with van der Waals surface area (Å²) in [6.45, 7) is 2.04. The molecule has 0 saturated carbocycles. The monoisotopic (exact) mass is 443 g/mol. The first-order valence-corrected chi connectivity index (χ1v) is 10.9. The minimum atomic E-state index is -4.59. The Balaban J connectivity index is 1.57. The lowest BCUT2D eigenvalue weighted by molar-refractivity contribution is -0.142. The fourth-order valence-electron chi connectivity index (χ4n) is 3.60. The third-order valence-corrected chi connectivity index (χ3v) is 6.00. The average Bonchev–Trinajstić information content (AvgIpc) is 2.77. The Hall–Kier alpha value is -2.87. The van der Waals surface area contributed by atoms with Crippen molar-refractivity contribution in [3.8, 4) is 11.3 Å². The molecule has 1 N–H and O–H groups in total. The van der Waals surface area contributed by atoms with Crippen LogP contribution in [0.25, 0.3) is 11.3 Å². The molecule has 0 spiro atoms. The molecule has 1 aliphatic rings. The maximum atomic E-state index is 13.7. The smallest absolute Gasteiger partial charge is 0.325 e. The topological polar surface area (TPSA) is 54.9 Å². The lowest BCUT2D eigenvalue weighted by Crippen LogP contribution is -2.19. The molecule has 3 aromatic rings. The van der Waals surface area contributed by atoms with E-state index in [1.165, 1.54) is 0 Å². The van der Waals surface area contributed by atoms with Crippen LogP contribution in [0.15, 0.2) is 53.7 Å². The summed E-state index contributed by atoms with van der Waals surface area (Å²) in [5, 5.41) is 2.69. The molecule has 1 aliphatic carbocycles. The number of aryl methyl sites for hydroxylation is 2. The van der Waals surface area contributed by atoms with E-state index in [-0.39, 0.29) is 28.8 Å². The lowest BCUT2D eigenvalue weighted by Gasteiger charge is -2.22. The van der Waals surface area contributed by atoms with Crippen molar-refractivity contribution in [2.75, 3.05) is 11.1 Å². The standard InChI is InChI=1S/C23H20F3N3OS/c1-2-14-7-10-16(11-8-14)27-19(30)13-31-22-28-20-17-6-4-3-5-15(17)9-12-18(20)21(29-22)23(24,25)26/h3-8,10-11H,2,9,12-13H2,1H3,(H,27,30). The number of nitrogens with one attached hydrogen (secondary N) is 1. The predicted molar refractivity (Wildman–Crippen MR) is 115 cm³/mol. The molecule has 160 valence electrons. The number of thioether (sulfide) groups is 1. The summed E-state index contributed by atoms with van der Waals surface area (Å²) in [5.41, 5.74) is 2.96. The summed E-state index contributed by atoms with van der Waals surface area (Å²) >= 11 is 0.899. The Bertz CT molecular complexity index is 1110. The summed E-state index contributed by atoms with van der Waals surface area (Å²) in [4.78, 5) is 20.5. The number of rotatable bonds is 5. The number of carbonyl (C=O) groups is 1. The minimum Gasteiger partial charge on any atom is -0.325 e. The van der Waals surface area contributed by atoms with Crippen molar-refractivity contribution < 1.29 is 18.0 Å². The van der Waals surface area contributed by atoms with Gasteiger partial charge in [0.05, 0.1) is 11.4 Å². The number of aromatic nitrogens is 2. The largest absolute Gasteiger partial charge is 0.433 e. The van der Waals surface area contributed by atoms with Crippen molar-refractivity contribution in [3.63, 3.8) is 0 Å². The normalized spacial score (nSPS) is 12.8. The second-order valence-electron chi connectivity index (χ2n) is 7.22. The van der Waals surface area contributed by atoms with E-state index in [9.17, 15) is 18.0 Å². The number of amides is 1. The quantitative estimate of drug-likeness (QED) is 0.415. The van der Waals surface area contributed by atoms with Gasteiger partial charge in [0.2, 0.25) is 5.91 Å². The van der Waals surface area contributed by atoms with Crippen LogP contribution in [0.2, 0.25) is 0 Å². The number of anilines is 1. The fraction of sp³-hybridized carbons (Fsp3) is 0.261. The van der Waals surface area contributed by atoms with Gasteiger partial charge in [0.1, 0.15) is 0 Å². The van der Waals surface area contributed by atoms with E-state index >= 15 is 0 Å². The molecule has 1 amide bonds. The van der Waals surface area contributed by atoms with Gasteiger partial charge in [-0.05, 0) is 42.5 Å². The Morgan fingerprint density at radius 3 is 2.52 bits per heavy atom. The highest BCUT2D eigenvalue weighted by Crippen LogP contribution is 2.40. The molecule has 0 aliphatic heterocycles. The molecule has 4 nitrogen and oxygen atoms in total. The van der Waals surface area contributed by atoms with Crippen molar-refractivity contribution in [2.24, 2.45) is 0 Å². The molecule has 8 heteroatoms. The minimum absolute atomic E-state index is 0.0562. The summed E-state index contributed by atoms with van der Waals surface area (Å²) in [6.07, 6.45) is -2.94. The van der Waals surface area contributed by atoms with Gasteiger partial charge in [-0.2, -0.15) is 13.2 Å². The average molecular weight is 443 g/mol. The van der Waals surface area contributed by atoms with E-state index in [1.54, 1.807) is 24.3 Å². The first kappa shape index (κ1) is 21.4. The third-order valence-electron chi connectivity index (χ3n) is 5.15. The van der Waals surface area contributed by atoms with Gasteiger partial charge < -0.3 is 5.32 Å². The second kappa shape index (κ2) is 8.70. The molecule has 31 heavy (non-hydrogen) atoms. The van der Waals surface area contributed by atoms with Crippen LogP contribution >= 0.6 is 11.8 Å². The predicted octanol–water partition coefficient (Wildman–Crippen LogP) is 5.55. The van der Waals surface area contributed by atoms with Gasteiger partial charge >= 0.3 is 6.18 Å². The molecular formula is C23H20F3N3OS. The van der Waals surface area contributed by atoms with Crippen LogP contribution < -0.4 is 5.32 Å². The highest BCUT2D eigenvalue weighted by atomic mass is 32.2. The molecule has 0 unspecified atom stereocenters. The number of carbonyl (C=O) groups excluding carboxylic acids is 1. The van der Waals surface area contributed by atoms with Gasteiger partial charge in [0.25, 0.3) is 0 Å². The molecular weight excluding hydrogens is 423 g/mol. The first-order chi connectivity index (χ1) is 14.8. The fourth-order valence-corrected chi connectivity index (χ4v) is 4.25. The van der Waals surface area contributed by atoms with Gasteiger partial charge in [0.15, 0.2) is 10.9 Å². The number of benzene rings is 2. The van der Waals surface area contributed by atoms with Gasteiger partial charge in [-0.25, -0.2) is 9.97 Å². The second-order valence-corrected chi connectivity index (χ2v) is 8.17.